The lowest BCUT2D eigenvalue weighted by Crippen LogP contribution is -2.52. The Bertz CT molecular complexity index is 1870. The Kier molecular flexibility index (Phi) is 12.4. The van der Waals surface area contributed by atoms with Gasteiger partial charge in [0.1, 0.15) is 17.7 Å². The van der Waals surface area contributed by atoms with E-state index in [2.05, 4.69) is 15.6 Å². The average molecular weight is 793 g/mol. The number of aromatic nitrogens is 1. The van der Waals surface area contributed by atoms with Crippen molar-refractivity contribution in [3.8, 4) is 0 Å². The number of halogens is 2. The number of ether oxygens (including phenoxy) is 4. The number of thiazole rings is 1. The highest BCUT2D eigenvalue weighted by Gasteiger charge is 2.53. The van der Waals surface area contributed by atoms with E-state index in [1.54, 1.807) is 12.1 Å². The minimum atomic E-state index is -4.26. The minimum Gasteiger partial charge on any atom is -0.443 e. The van der Waals surface area contributed by atoms with E-state index in [0.29, 0.717) is 47.0 Å². The first-order valence-electron chi connectivity index (χ1n) is 19.1. The minimum absolute atomic E-state index is 0.0498. The highest BCUT2D eigenvalue weighted by molar-refractivity contribution is 7.89. The smallest absolute Gasteiger partial charge is 0.407 e. The zero-order valence-corrected chi connectivity index (χ0v) is 32.3. The van der Waals surface area contributed by atoms with E-state index in [0.717, 1.165) is 56.7 Å². The fourth-order valence-corrected chi connectivity index (χ4v) is 10.9. The molecular weight excluding hydrogens is 743 g/mol. The van der Waals surface area contributed by atoms with E-state index in [4.69, 9.17) is 18.9 Å². The fraction of sp³-hybridized carbons (Fsp3) is 0.632. The lowest BCUT2D eigenvalue weighted by Gasteiger charge is -2.37. The molecule has 0 spiro atoms. The zero-order valence-electron chi connectivity index (χ0n) is 30.7. The van der Waals surface area contributed by atoms with Gasteiger partial charge in [0.15, 0.2) is 11.4 Å². The molecular formula is C38H50F2N4O8S2. The van der Waals surface area contributed by atoms with Crippen molar-refractivity contribution in [3.63, 3.8) is 0 Å². The van der Waals surface area contributed by atoms with Crippen LogP contribution in [0.5, 0.6) is 0 Å². The number of nitrogens with zero attached hydrogens (tertiary/aromatic N) is 2. The summed E-state index contributed by atoms with van der Waals surface area (Å²) in [5, 5.41) is 18.6. The van der Waals surface area contributed by atoms with Crippen LogP contribution in [0, 0.1) is 23.5 Å². The standard InChI is InChI=1S/C38H50F2N4O8S2/c1-22(2)41-37-42-30-15-25-20-49-10-8-6-4-3-5-7-9-44(54(47,48)34(25)18-33(30)53-37)19-31(45)29(13-23-11-27(39)17-28(40)12-23)43-38(46)52-35-26-14-24-16-32(35)51-36(24)50-21-26/h11-12,15,17-18,22,24,26,29,31-32,35-36,45H,3-10,13-14,16,19-21H2,1-2H3,(H,41,42)(H,43,46)/t24?,26?,29-,31+,32?,35-,36-/m0/s1. The van der Waals surface area contributed by atoms with E-state index in [9.17, 15) is 27.1 Å². The summed E-state index contributed by atoms with van der Waals surface area (Å²) in [6.07, 6.45) is 2.87. The van der Waals surface area contributed by atoms with Gasteiger partial charge in [0.25, 0.3) is 0 Å². The molecule has 3 unspecified atom stereocenters. The van der Waals surface area contributed by atoms with Crippen LogP contribution in [-0.2, 0) is 42.0 Å². The van der Waals surface area contributed by atoms with Crippen molar-refractivity contribution in [1.82, 2.24) is 14.6 Å². The zero-order chi connectivity index (χ0) is 38.0. The van der Waals surface area contributed by atoms with Crippen LogP contribution in [0.2, 0.25) is 0 Å². The van der Waals surface area contributed by atoms with E-state index in [1.165, 1.54) is 15.6 Å². The summed E-state index contributed by atoms with van der Waals surface area (Å²) in [6, 6.07) is 5.31. The molecule has 54 heavy (non-hydrogen) atoms. The topological polar surface area (TPSA) is 149 Å². The third-order valence-electron chi connectivity index (χ3n) is 10.7. The number of β-amino-alcohol motifs (C(OH)–C–C–N with tert-alkyl or cyclic N) is 1. The van der Waals surface area contributed by atoms with E-state index < -0.39 is 52.5 Å². The number of hydrogen-bond donors (Lipinski definition) is 3. The summed E-state index contributed by atoms with van der Waals surface area (Å²) >= 11 is 1.35. The predicted octanol–water partition coefficient (Wildman–Crippen LogP) is 6.10. The fourth-order valence-electron chi connectivity index (χ4n) is 8.12. The number of carbonyl (C=O) groups excluding carboxylic acids is 1. The van der Waals surface area contributed by atoms with Crippen LogP contribution in [0.1, 0.15) is 76.3 Å². The van der Waals surface area contributed by atoms with E-state index in [1.807, 2.05) is 13.8 Å². The molecule has 3 fully saturated rings. The van der Waals surface area contributed by atoms with Crippen molar-refractivity contribution < 1.29 is 46.0 Å². The Morgan fingerprint density at radius 2 is 1.81 bits per heavy atom. The van der Waals surface area contributed by atoms with Crippen LogP contribution in [0.25, 0.3) is 10.2 Å². The van der Waals surface area contributed by atoms with E-state index in [-0.39, 0.29) is 60.3 Å². The predicted molar refractivity (Wildman–Crippen MR) is 199 cm³/mol. The van der Waals surface area contributed by atoms with Crippen LogP contribution in [-0.4, -0.2) is 91.9 Å². The molecule has 1 aliphatic carbocycles. The molecule has 7 rings (SSSR count). The highest BCUT2D eigenvalue weighted by atomic mass is 32.2. The number of nitrogens with one attached hydrogen (secondary N) is 2. The van der Waals surface area contributed by atoms with Gasteiger partial charge in [0, 0.05) is 43.6 Å². The summed E-state index contributed by atoms with van der Waals surface area (Å²) in [4.78, 5) is 18.3. The van der Waals surface area contributed by atoms with Crippen molar-refractivity contribution in [2.45, 2.75) is 120 Å². The molecule has 4 heterocycles. The maximum atomic E-state index is 14.8. The molecule has 16 heteroatoms. The number of aliphatic hydroxyl groups excluding tert-OH is 1. The first kappa shape index (κ1) is 39.3. The van der Waals surface area contributed by atoms with Gasteiger partial charge in [-0.3, -0.25) is 0 Å². The second kappa shape index (κ2) is 17.0. The Morgan fingerprint density at radius 1 is 1.06 bits per heavy atom. The van der Waals surface area contributed by atoms with Crippen LogP contribution in [0.4, 0.5) is 18.7 Å². The van der Waals surface area contributed by atoms with Crippen LogP contribution in [0.15, 0.2) is 35.2 Å². The largest absolute Gasteiger partial charge is 0.443 e. The van der Waals surface area contributed by atoms with Crippen molar-refractivity contribution in [3.05, 3.63) is 53.1 Å². The summed E-state index contributed by atoms with van der Waals surface area (Å²) in [7, 11) is -4.26. The second-order valence-corrected chi connectivity index (χ2v) is 18.3. The molecule has 2 aromatic carbocycles. The Balaban J connectivity index is 1.17. The van der Waals surface area contributed by atoms with Crippen LogP contribution < -0.4 is 10.6 Å². The third kappa shape index (κ3) is 9.17. The highest BCUT2D eigenvalue weighted by Crippen LogP contribution is 2.46. The molecule has 12 nitrogen and oxygen atoms in total. The molecule has 3 aliphatic heterocycles. The number of hydrogen-bond acceptors (Lipinski definition) is 11. The van der Waals surface area contributed by atoms with Gasteiger partial charge in [-0.25, -0.2) is 27.0 Å². The Hall–Kier alpha value is -2.99. The second-order valence-electron chi connectivity index (χ2n) is 15.3. The molecule has 3 N–H and O–H groups in total. The Morgan fingerprint density at radius 3 is 2.59 bits per heavy atom. The van der Waals surface area contributed by atoms with Gasteiger partial charge in [0.05, 0.1) is 46.6 Å². The molecule has 3 bridgehead atoms. The van der Waals surface area contributed by atoms with E-state index >= 15 is 0 Å². The normalized spacial score (nSPS) is 27.3. The molecule has 1 saturated carbocycles. The van der Waals surface area contributed by atoms with Crippen molar-refractivity contribution in [2.75, 3.05) is 31.6 Å². The SMILES string of the molecule is CC(C)Nc1nc2cc3c(cc2s1)S(=O)(=O)N(C[C@@H](O)[C@H](Cc1cc(F)cc(F)c1)NC(=O)O[C@H]1C2CO[C@H]4OC1CC4C2)CCCCCCCCOC3. The number of sulfonamides is 1. The van der Waals surface area contributed by atoms with Gasteiger partial charge in [-0.1, -0.05) is 37.0 Å². The lowest BCUT2D eigenvalue weighted by atomic mass is 9.78. The molecule has 3 aromatic rings. The summed E-state index contributed by atoms with van der Waals surface area (Å²) in [6.45, 7) is 4.65. The van der Waals surface area contributed by atoms with Crippen molar-refractivity contribution in [1.29, 1.82) is 0 Å². The maximum absolute atomic E-state index is 14.8. The van der Waals surface area contributed by atoms with Crippen LogP contribution >= 0.6 is 11.3 Å². The molecule has 0 radical (unpaired) electrons. The number of aliphatic hydroxyl groups is 1. The third-order valence-corrected chi connectivity index (χ3v) is 13.6. The molecule has 1 aromatic heterocycles. The molecule has 7 atom stereocenters. The average Bonchev–Trinajstić information content (AvgIpc) is 3.63. The number of rotatable bonds is 9. The molecule has 4 aliphatic rings. The number of benzene rings is 2. The maximum Gasteiger partial charge on any atom is 0.407 e. The monoisotopic (exact) mass is 792 g/mol. The van der Waals surface area contributed by atoms with Gasteiger partial charge >= 0.3 is 6.09 Å². The van der Waals surface area contributed by atoms with Crippen LogP contribution in [0.3, 0.4) is 0 Å². The van der Waals surface area contributed by atoms with Crippen molar-refractivity contribution >= 4 is 42.8 Å². The summed E-state index contributed by atoms with van der Waals surface area (Å²) in [5.74, 6) is -1.42. The summed E-state index contributed by atoms with van der Waals surface area (Å²) in [5.41, 5.74) is 1.28. The first-order chi connectivity index (χ1) is 25.9. The van der Waals surface area contributed by atoms with Gasteiger partial charge < -0.3 is 34.7 Å². The number of fused-ring (bicyclic) bond motifs is 4. The van der Waals surface area contributed by atoms with Gasteiger partial charge in [-0.15, -0.1) is 0 Å². The molecule has 1 amide bonds. The Labute approximate surface area is 318 Å². The number of carbonyl (C=O) groups is 1. The summed E-state index contributed by atoms with van der Waals surface area (Å²) < 4.78 is 83.8. The number of alkyl carbamates (subject to hydrolysis) is 1. The first-order valence-corrected chi connectivity index (χ1v) is 21.3. The quantitative estimate of drug-likeness (QED) is 0.232. The van der Waals surface area contributed by atoms with Crippen molar-refractivity contribution in [2.24, 2.45) is 11.8 Å². The van der Waals surface area contributed by atoms with Gasteiger partial charge in [0.2, 0.25) is 10.0 Å². The molecule has 2 saturated heterocycles. The number of anilines is 1. The number of amides is 1. The lowest BCUT2D eigenvalue weighted by molar-refractivity contribution is -0.153. The molecule has 296 valence electrons. The van der Waals surface area contributed by atoms with Gasteiger partial charge in [-0.05, 0) is 81.3 Å². The van der Waals surface area contributed by atoms with Gasteiger partial charge in [-0.2, -0.15) is 4.31 Å².